The van der Waals surface area contributed by atoms with Crippen LogP contribution in [-0.4, -0.2) is 13.0 Å². The highest BCUT2D eigenvalue weighted by molar-refractivity contribution is 9.10. The molecule has 4 aromatic rings. The highest BCUT2D eigenvalue weighted by atomic mass is 79.9. The predicted molar refractivity (Wildman–Crippen MR) is 128 cm³/mol. The van der Waals surface area contributed by atoms with Crippen LogP contribution >= 0.6 is 15.9 Å². The Morgan fingerprint density at radius 2 is 1.81 bits per heavy atom. The van der Waals surface area contributed by atoms with Gasteiger partial charge in [0.15, 0.2) is 5.43 Å². The van der Waals surface area contributed by atoms with E-state index >= 15 is 0 Å². The number of amides is 1. The maximum atomic E-state index is 13.6. The Labute approximate surface area is 193 Å². The van der Waals surface area contributed by atoms with Crippen LogP contribution in [0.1, 0.15) is 40.2 Å². The Hall–Kier alpha value is -3.38. The largest absolute Gasteiger partial charge is 0.497 e. The van der Waals surface area contributed by atoms with Crippen LogP contribution in [-0.2, 0) is 6.42 Å². The summed E-state index contributed by atoms with van der Waals surface area (Å²) in [5.74, 6) is 0.358. The standard InChI is InChI=1S/C26H20BrNO4/c1-3-15-7-9-16(10-8-15)23-22-24(29)20-13-17(27)11-12-21(20)32-25(22)26(30)28(23)18-5-4-6-19(14-18)31-2/h4-14,23H,3H2,1-2H3. The lowest BCUT2D eigenvalue weighted by molar-refractivity contribution is 0.0971. The zero-order chi connectivity index (χ0) is 22.4. The first-order chi connectivity index (χ1) is 15.5. The molecule has 1 unspecified atom stereocenters. The molecule has 32 heavy (non-hydrogen) atoms. The van der Waals surface area contributed by atoms with Gasteiger partial charge in [-0.25, -0.2) is 0 Å². The number of fused-ring (bicyclic) bond motifs is 2. The first-order valence-electron chi connectivity index (χ1n) is 10.3. The lowest BCUT2D eigenvalue weighted by Crippen LogP contribution is -2.29. The maximum absolute atomic E-state index is 13.6. The van der Waals surface area contributed by atoms with Crippen molar-refractivity contribution in [3.8, 4) is 5.75 Å². The molecule has 1 amide bonds. The van der Waals surface area contributed by atoms with Crippen molar-refractivity contribution in [2.75, 3.05) is 12.0 Å². The number of halogens is 1. The van der Waals surface area contributed by atoms with E-state index in [4.69, 9.17) is 9.15 Å². The van der Waals surface area contributed by atoms with E-state index < -0.39 is 6.04 Å². The van der Waals surface area contributed by atoms with Gasteiger partial charge in [-0.2, -0.15) is 0 Å². The molecule has 1 aliphatic rings. The monoisotopic (exact) mass is 489 g/mol. The Balaban J connectivity index is 1.79. The highest BCUT2D eigenvalue weighted by Gasteiger charge is 2.43. The van der Waals surface area contributed by atoms with Crippen LogP contribution in [0.4, 0.5) is 5.69 Å². The molecule has 1 aliphatic heterocycles. The van der Waals surface area contributed by atoms with E-state index in [1.807, 2.05) is 42.5 Å². The minimum Gasteiger partial charge on any atom is -0.497 e. The average Bonchev–Trinajstić information content (AvgIpc) is 3.12. The molecule has 0 N–H and O–H groups in total. The number of ether oxygens (including phenoxy) is 1. The van der Waals surface area contributed by atoms with E-state index in [1.165, 1.54) is 5.56 Å². The molecule has 0 saturated carbocycles. The molecule has 5 rings (SSSR count). The second-order valence-corrected chi connectivity index (χ2v) is 8.60. The minimum absolute atomic E-state index is 0.0808. The zero-order valence-corrected chi connectivity index (χ0v) is 19.2. The summed E-state index contributed by atoms with van der Waals surface area (Å²) in [5.41, 5.74) is 3.20. The number of aryl methyl sites for hydroxylation is 1. The number of hydrogen-bond donors (Lipinski definition) is 0. The quantitative estimate of drug-likeness (QED) is 0.359. The van der Waals surface area contributed by atoms with Crippen molar-refractivity contribution in [1.29, 1.82) is 0 Å². The van der Waals surface area contributed by atoms with E-state index in [-0.39, 0.29) is 17.1 Å². The second-order valence-electron chi connectivity index (χ2n) is 7.69. The second kappa shape index (κ2) is 7.95. The molecule has 1 aromatic heterocycles. The van der Waals surface area contributed by atoms with Crippen LogP contribution < -0.4 is 15.1 Å². The molecule has 1 atom stereocenters. The van der Waals surface area contributed by atoms with Gasteiger partial charge in [0.25, 0.3) is 5.91 Å². The lowest BCUT2D eigenvalue weighted by atomic mass is 9.97. The molecule has 0 aliphatic carbocycles. The Morgan fingerprint density at radius 3 is 2.53 bits per heavy atom. The van der Waals surface area contributed by atoms with Crippen molar-refractivity contribution in [2.24, 2.45) is 0 Å². The van der Waals surface area contributed by atoms with Crippen LogP contribution in [0, 0.1) is 0 Å². The molecule has 0 spiro atoms. The third-order valence-electron chi connectivity index (χ3n) is 5.87. The summed E-state index contributed by atoms with van der Waals surface area (Å²) in [6.07, 6.45) is 0.904. The van der Waals surface area contributed by atoms with E-state index in [2.05, 4.69) is 22.9 Å². The number of carbonyl (C=O) groups excluding carboxylic acids is 1. The summed E-state index contributed by atoms with van der Waals surface area (Å²) in [6.45, 7) is 2.09. The molecule has 0 fully saturated rings. The number of carbonyl (C=O) groups is 1. The van der Waals surface area contributed by atoms with Gasteiger partial charge in [-0.15, -0.1) is 0 Å². The summed E-state index contributed by atoms with van der Waals surface area (Å²) >= 11 is 3.43. The normalized spacial score (nSPS) is 15.3. The van der Waals surface area contributed by atoms with Gasteiger partial charge in [-0.05, 0) is 47.9 Å². The molecule has 0 saturated heterocycles. The summed E-state index contributed by atoms with van der Waals surface area (Å²) in [6, 6.07) is 19.9. The predicted octanol–water partition coefficient (Wildman–Crippen LogP) is 5.88. The van der Waals surface area contributed by atoms with Gasteiger partial charge in [-0.1, -0.05) is 53.2 Å². The first-order valence-corrected chi connectivity index (χ1v) is 11.1. The molecule has 0 radical (unpaired) electrons. The van der Waals surface area contributed by atoms with Gasteiger partial charge in [-0.3, -0.25) is 14.5 Å². The molecular formula is C26H20BrNO4. The van der Waals surface area contributed by atoms with Crippen LogP contribution in [0.25, 0.3) is 11.0 Å². The van der Waals surface area contributed by atoms with Crippen LogP contribution in [0.3, 0.4) is 0 Å². The van der Waals surface area contributed by atoms with Crippen LogP contribution in [0.2, 0.25) is 0 Å². The van der Waals surface area contributed by atoms with E-state index in [1.54, 1.807) is 36.3 Å². The fraction of sp³-hybridized carbons (Fsp3) is 0.154. The van der Waals surface area contributed by atoms with Crippen molar-refractivity contribution in [2.45, 2.75) is 19.4 Å². The summed E-state index contributed by atoms with van der Waals surface area (Å²) in [4.78, 5) is 28.9. The number of nitrogens with zero attached hydrogens (tertiary/aromatic N) is 1. The van der Waals surface area contributed by atoms with Crippen LogP contribution in [0.15, 0.2) is 80.4 Å². The van der Waals surface area contributed by atoms with Gasteiger partial charge < -0.3 is 9.15 Å². The fourth-order valence-corrected chi connectivity index (χ4v) is 4.58. The summed E-state index contributed by atoms with van der Waals surface area (Å²) in [5, 5.41) is 0.439. The molecular weight excluding hydrogens is 470 g/mol. The van der Waals surface area contributed by atoms with Gasteiger partial charge in [0, 0.05) is 16.2 Å². The topological polar surface area (TPSA) is 59.8 Å². The number of benzene rings is 3. The van der Waals surface area contributed by atoms with Gasteiger partial charge in [0.05, 0.1) is 24.1 Å². The SMILES string of the molecule is CCc1ccc(C2c3c(oc4ccc(Br)cc4c3=O)C(=O)N2c2cccc(OC)c2)cc1. The molecule has 0 bridgehead atoms. The molecule has 3 aromatic carbocycles. The van der Waals surface area contributed by atoms with Gasteiger partial charge >= 0.3 is 0 Å². The third kappa shape index (κ3) is 3.22. The van der Waals surface area contributed by atoms with E-state index in [0.29, 0.717) is 28.0 Å². The van der Waals surface area contributed by atoms with E-state index in [0.717, 1.165) is 16.5 Å². The summed E-state index contributed by atoms with van der Waals surface area (Å²) in [7, 11) is 1.58. The number of hydrogen-bond acceptors (Lipinski definition) is 4. The van der Waals surface area contributed by atoms with Crippen LogP contribution in [0.5, 0.6) is 5.75 Å². The number of rotatable bonds is 4. The minimum atomic E-state index is -0.602. The first kappa shape index (κ1) is 20.5. The molecule has 5 nitrogen and oxygen atoms in total. The smallest absolute Gasteiger partial charge is 0.295 e. The maximum Gasteiger partial charge on any atom is 0.295 e. The third-order valence-corrected chi connectivity index (χ3v) is 6.36. The Bertz CT molecular complexity index is 1410. The van der Waals surface area contributed by atoms with Crippen molar-refractivity contribution in [3.05, 3.63) is 104 Å². The molecule has 160 valence electrons. The summed E-state index contributed by atoms with van der Waals surface area (Å²) < 4.78 is 12.2. The molecule has 2 heterocycles. The highest BCUT2D eigenvalue weighted by Crippen LogP contribution is 2.42. The Morgan fingerprint density at radius 1 is 1.03 bits per heavy atom. The van der Waals surface area contributed by atoms with Crippen molar-refractivity contribution < 1.29 is 13.9 Å². The zero-order valence-electron chi connectivity index (χ0n) is 17.6. The van der Waals surface area contributed by atoms with Crippen molar-refractivity contribution in [3.63, 3.8) is 0 Å². The lowest BCUT2D eigenvalue weighted by Gasteiger charge is -2.25. The van der Waals surface area contributed by atoms with Crippen molar-refractivity contribution in [1.82, 2.24) is 0 Å². The fourth-order valence-electron chi connectivity index (χ4n) is 4.22. The van der Waals surface area contributed by atoms with Crippen molar-refractivity contribution >= 4 is 38.5 Å². The number of methoxy groups -OCH3 is 1. The van der Waals surface area contributed by atoms with Gasteiger partial charge in [0.1, 0.15) is 11.3 Å². The average molecular weight is 490 g/mol. The Kier molecular flexibility index (Phi) is 5.10. The van der Waals surface area contributed by atoms with Gasteiger partial charge in [0.2, 0.25) is 5.76 Å². The molecule has 6 heteroatoms. The number of anilines is 1. The van der Waals surface area contributed by atoms with E-state index in [9.17, 15) is 9.59 Å².